The Morgan fingerprint density at radius 1 is 1.26 bits per heavy atom. The number of ether oxygens (including phenoxy) is 1. The zero-order valence-corrected chi connectivity index (χ0v) is 13.7. The van der Waals surface area contributed by atoms with E-state index in [4.69, 9.17) is 4.74 Å². The molecule has 0 bridgehead atoms. The summed E-state index contributed by atoms with van der Waals surface area (Å²) in [6.45, 7) is 3.81. The molecule has 0 saturated heterocycles. The first-order valence-electron chi connectivity index (χ1n) is 7.16. The minimum absolute atomic E-state index is 0.0126. The van der Waals surface area contributed by atoms with E-state index < -0.39 is 10.2 Å². The van der Waals surface area contributed by atoms with Crippen LogP contribution in [-0.4, -0.2) is 17.5 Å². The molecule has 0 aliphatic carbocycles. The lowest BCUT2D eigenvalue weighted by molar-refractivity contribution is -0.384. The van der Waals surface area contributed by atoms with Crippen LogP contribution in [0.25, 0.3) is 0 Å². The molecule has 5 nitrogen and oxygen atoms in total. The molecule has 0 radical (unpaired) electrons. The van der Waals surface area contributed by atoms with E-state index in [1.165, 1.54) is 23.9 Å². The molecule has 0 spiro atoms. The minimum atomic E-state index is -0.557. The van der Waals surface area contributed by atoms with Crippen LogP contribution in [0.3, 0.4) is 0 Å². The maximum absolute atomic E-state index is 12.3. The first-order valence-corrected chi connectivity index (χ1v) is 8.04. The number of carbonyl (C=O) groups is 1. The molecule has 1 unspecified atom stereocenters. The van der Waals surface area contributed by atoms with Crippen molar-refractivity contribution in [1.29, 1.82) is 0 Å². The van der Waals surface area contributed by atoms with Gasteiger partial charge in [-0.2, -0.15) is 0 Å². The predicted molar refractivity (Wildman–Crippen MR) is 89.5 cm³/mol. The highest BCUT2D eigenvalue weighted by Crippen LogP contribution is 2.38. The van der Waals surface area contributed by atoms with E-state index in [0.717, 1.165) is 10.5 Å². The Kier molecular flexibility index (Phi) is 5.76. The summed E-state index contributed by atoms with van der Waals surface area (Å²) in [4.78, 5) is 23.7. The average molecular weight is 331 g/mol. The van der Waals surface area contributed by atoms with Crippen LogP contribution in [0, 0.1) is 17.0 Å². The van der Waals surface area contributed by atoms with Gasteiger partial charge in [-0.15, -0.1) is 11.8 Å². The summed E-state index contributed by atoms with van der Waals surface area (Å²) in [6.07, 6.45) is 0. The maximum atomic E-state index is 12.3. The molecule has 0 amide bonds. The fourth-order valence-corrected chi connectivity index (χ4v) is 3.30. The smallest absolute Gasteiger partial charge is 0.323 e. The molecule has 2 rings (SSSR count). The molecule has 0 aliphatic heterocycles. The van der Waals surface area contributed by atoms with Crippen LogP contribution in [0.5, 0.6) is 0 Å². The Hall–Kier alpha value is -2.34. The van der Waals surface area contributed by atoms with E-state index in [1.54, 1.807) is 19.9 Å². The first-order chi connectivity index (χ1) is 11.0. The number of nitro benzene ring substituents is 1. The van der Waals surface area contributed by atoms with Gasteiger partial charge >= 0.3 is 5.97 Å². The van der Waals surface area contributed by atoms with Crippen molar-refractivity contribution in [2.24, 2.45) is 0 Å². The Balaban J connectivity index is 2.37. The second kappa shape index (κ2) is 7.78. The van der Waals surface area contributed by atoms with E-state index in [-0.39, 0.29) is 18.3 Å². The van der Waals surface area contributed by atoms with Gasteiger partial charge in [-0.25, -0.2) is 0 Å². The average Bonchev–Trinajstić information content (AvgIpc) is 2.54. The largest absolute Gasteiger partial charge is 0.465 e. The number of esters is 1. The molecule has 1 atom stereocenters. The molecule has 0 heterocycles. The molecule has 0 fully saturated rings. The molecule has 0 saturated carbocycles. The lowest BCUT2D eigenvalue weighted by atomic mass is 10.0. The van der Waals surface area contributed by atoms with Crippen molar-refractivity contribution in [3.05, 3.63) is 69.8 Å². The second-order valence-corrected chi connectivity index (χ2v) is 6.04. The summed E-state index contributed by atoms with van der Waals surface area (Å²) < 4.78 is 5.17. The third kappa shape index (κ3) is 4.32. The van der Waals surface area contributed by atoms with Crippen LogP contribution in [0.4, 0.5) is 5.69 Å². The number of nitro groups is 1. The number of benzene rings is 2. The third-order valence-corrected chi connectivity index (χ3v) is 4.47. The number of thioether (sulfide) groups is 1. The Morgan fingerprint density at radius 3 is 2.52 bits per heavy atom. The number of nitrogens with zero attached hydrogens (tertiary/aromatic N) is 1. The number of non-ortho nitro benzene ring substituents is 1. The van der Waals surface area contributed by atoms with Crippen molar-refractivity contribution in [3.8, 4) is 0 Å². The van der Waals surface area contributed by atoms with Crippen molar-refractivity contribution in [2.75, 3.05) is 6.61 Å². The van der Waals surface area contributed by atoms with Crippen molar-refractivity contribution in [3.63, 3.8) is 0 Å². The monoisotopic (exact) mass is 331 g/mol. The van der Waals surface area contributed by atoms with Crippen LogP contribution in [0.2, 0.25) is 0 Å². The zero-order valence-electron chi connectivity index (χ0n) is 12.9. The standard InChI is InChI=1S/C17H17NO4S/c1-3-22-17(19)16(23-14-7-5-4-6-8-14)15-10-9-13(18(20)21)11-12(15)2/h4-11,16H,3H2,1-2H3. The third-order valence-electron chi connectivity index (χ3n) is 3.24. The Morgan fingerprint density at radius 2 is 1.96 bits per heavy atom. The summed E-state index contributed by atoms with van der Waals surface area (Å²) in [5.41, 5.74) is 1.43. The Labute approximate surface area is 138 Å². The first kappa shape index (κ1) is 17.0. The van der Waals surface area contributed by atoms with Gasteiger partial charge in [0.25, 0.3) is 5.69 Å². The van der Waals surface area contributed by atoms with E-state index in [0.29, 0.717) is 5.56 Å². The molecular weight excluding hydrogens is 314 g/mol. The van der Waals surface area contributed by atoms with Crippen molar-refractivity contribution < 1.29 is 14.5 Å². The molecule has 2 aromatic carbocycles. The highest BCUT2D eigenvalue weighted by atomic mass is 32.2. The highest BCUT2D eigenvalue weighted by Gasteiger charge is 2.26. The van der Waals surface area contributed by atoms with Gasteiger partial charge in [0.1, 0.15) is 5.25 Å². The molecular formula is C17H17NO4S. The number of rotatable bonds is 6. The van der Waals surface area contributed by atoms with Gasteiger partial charge in [0.2, 0.25) is 0 Å². The fourth-order valence-electron chi connectivity index (χ4n) is 2.16. The quantitative estimate of drug-likeness (QED) is 0.342. The summed E-state index contributed by atoms with van der Waals surface area (Å²) in [7, 11) is 0. The van der Waals surface area contributed by atoms with E-state index in [9.17, 15) is 14.9 Å². The summed E-state index contributed by atoms with van der Waals surface area (Å²) >= 11 is 1.37. The van der Waals surface area contributed by atoms with E-state index in [2.05, 4.69) is 0 Å². The molecule has 2 aromatic rings. The van der Waals surface area contributed by atoms with Crippen molar-refractivity contribution in [1.82, 2.24) is 0 Å². The normalized spacial score (nSPS) is 11.7. The number of hydrogen-bond donors (Lipinski definition) is 0. The van der Waals surface area contributed by atoms with Gasteiger partial charge in [0.05, 0.1) is 11.5 Å². The van der Waals surface area contributed by atoms with Crippen molar-refractivity contribution >= 4 is 23.4 Å². The Bertz CT molecular complexity index is 703. The highest BCUT2D eigenvalue weighted by molar-refractivity contribution is 8.00. The lowest BCUT2D eigenvalue weighted by Gasteiger charge is -2.17. The summed E-state index contributed by atoms with van der Waals surface area (Å²) in [5, 5.41) is 10.3. The molecule has 0 aliphatic rings. The van der Waals surface area contributed by atoms with E-state index >= 15 is 0 Å². The molecule has 0 aromatic heterocycles. The van der Waals surface area contributed by atoms with Crippen LogP contribution < -0.4 is 0 Å². The van der Waals surface area contributed by atoms with E-state index in [1.807, 2.05) is 30.3 Å². The molecule has 0 N–H and O–H groups in total. The summed E-state index contributed by atoms with van der Waals surface area (Å²) in [6, 6.07) is 14.1. The van der Waals surface area contributed by atoms with Crippen LogP contribution in [-0.2, 0) is 9.53 Å². The predicted octanol–water partition coefficient (Wildman–Crippen LogP) is 4.30. The van der Waals surface area contributed by atoms with Crippen LogP contribution >= 0.6 is 11.8 Å². The molecule has 120 valence electrons. The fraction of sp³-hybridized carbons (Fsp3) is 0.235. The van der Waals surface area contributed by atoms with Gasteiger partial charge in [0.15, 0.2) is 0 Å². The number of aryl methyl sites for hydroxylation is 1. The number of carbonyl (C=O) groups excluding carboxylic acids is 1. The van der Waals surface area contributed by atoms with Gasteiger partial charge in [-0.05, 0) is 37.1 Å². The minimum Gasteiger partial charge on any atom is -0.465 e. The molecule has 23 heavy (non-hydrogen) atoms. The van der Waals surface area contributed by atoms with Crippen LogP contribution in [0.1, 0.15) is 23.3 Å². The maximum Gasteiger partial charge on any atom is 0.323 e. The number of hydrogen-bond acceptors (Lipinski definition) is 5. The lowest BCUT2D eigenvalue weighted by Crippen LogP contribution is -2.14. The van der Waals surface area contributed by atoms with Crippen LogP contribution in [0.15, 0.2) is 53.4 Å². The topological polar surface area (TPSA) is 69.4 Å². The van der Waals surface area contributed by atoms with Gasteiger partial charge in [-0.1, -0.05) is 24.3 Å². The van der Waals surface area contributed by atoms with Gasteiger partial charge in [-0.3, -0.25) is 14.9 Å². The van der Waals surface area contributed by atoms with Gasteiger partial charge < -0.3 is 4.74 Å². The van der Waals surface area contributed by atoms with Gasteiger partial charge in [0, 0.05) is 17.0 Å². The second-order valence-electron chi connectivity index (χ2n) is 4.86. The molecule has 6 heteroatoms. The van der Waals surface area contributed by atoms with Crippen molar-refractivity contribution in [2.45, 2.75) is 24.0 Å². The zero-order chi connectivity index (χ0) is 16.8. The summed E-state index contributed by atoms with van der Waals surface area (Å²) in [5.74, 6) is -0.349. The SMILES string of the molecule is CCOC(=O)C(Sc1ccccc1)c1ccc([N+](=O)[O-])cc1C.